The first-order chi connectivity index (χ1) is 4.49. The second-order valence-electron chi connectivity index (χ2n) is 3.66. The maximum atomic E-state index is 8.76. The predicted octanol–water partition coefficient (Wildman–Crippen LogP) is 2.15. The quantitative estimate of drug-likeness (QED) is 0.786. The molecule has 62 valence electrons. The topological polar surface area (TPSA) is 29.5 Å². The van der Waals surface area contributed by atoms with Crippen molar-refractivity contribution < 1.29 is 8.17 Å². The smallest absolute Gasteiger partial charge is 0.110 e. The molecular formula is C7H15IO2. The second-order valence-corrected chi connectivity index (χ2v) is 4.17. The zero-order valence-corrected chi connectivity index (χ0v) is 8.88. The van der Waals surface area contributed by atoms with Crippen LogP contribution in [0.25, 0.3) is 0 Å². The number of halogens is 1. The van der Waals surface area contributed by atoms with Gasteiger partial charge in [0.1, 0.15) is 23.0 Å². The third-order valence-corrected chi connectivity index (χ3v) is 1.89. The lowest BCUT2D eigenvalue weighted by Crippen LogP contribution is -2.21. The predicted molar refractivity (Wildman–Crippen MR) is 50.1 cm³/mol. The van der Waals surface area contributed by atoms with Crippen molar-refractivity contribution in [1.82, 2.24) is 0 Å². The van der Waals surface area contributed by atoms with Crippen LogP contribution in [0.1, 0.15) is 27.2 Å². The Morgan fingerprint density at radius 3 is 2.10 bits per heavy atom. The Morgan fingerprint density at radius 2 is 2.00 bits per heavy atom. The molecule has 0 bridgehead atoms. The highest BCUT2D eigenvalue weighted by molar-refractivity contribution is 14.1. The van der Waals surface area contributed by atoms with Crippen molar-refractivity contribution in [2.75, 3.05) is 6.61 Å². The number of rotatable bonds is 3. The molecule has 3 heteroatoms. The number of hydrogen-bond acceptors (Lipinski definition) is 2. The summed E-state index contributed by atoms with van der Waals surface area (Å²) in [6, 6.07) is 0. The molecule has 0 aromatic rings. The summed E-state index contributed by atoms with van der Waals surface area (Å²) in [4.78, 5) is 0. The van der Waals surface area contributed by atoms with E-state index in [4.69, 9.17) is 8.17 Å². The molecule has 1 atom stereocenters. The maximum absolute atomic E-state index is 8.76. The van der Waals surface area contributed by atoms with Gasteiger partial charge in [-0.05, 0) is 11.8 Å². The Balaban J connectivity index is 3.63. The van der Waals surface area contributed by atoms with Gasteiger partial charge in [0.25, 0.3) is 0 Å². The highest BCUT2D eigenvalue weighted by Crippen LogP contribution is 2.22. The summed E-state index contributed by atoms with van der Waals surface area (Å²) in [5, 5.41) is 8.76. The molecule has 0 aliphatic rings. The van der Waals surface area contributed by atoms with Gasteiger partial charge in [0.2, 0.25) is 0 Å². The first-order valence-electron chi connectivity index (χ1n) is 3.38. The van der Waals surface area contributed by atoms with Gasteiger partial charge in [0, 0.05) is 0 Å². The normalized spacial score (nSPS) is 15.3. The van der Waals surface area contributed by atoms with Crippen LogP contribution in [0.3, 0.4) is 0 Å². The molecule has 0 aromatic carbocycles. The Kier molecular flexibility index (Phi) is 4.81. The van der Waals surface area contributed by atoms with E-state index in [0.717, 1.165) is 6.42 Å². The second kappa shape index (κ2) is 4.51. The van der Waals surface area contributed by atoms with Crippen molar-refractivity contribution >= 4 is 23.0 Å². The highest BCUT2D eigenvalue weighted by Gasteiger charge is 2.17. The Bertz CT molecular complexity index is 84.1. The van der Waals surface area contributed by atoms with Crippen LogP contribution in [0.4, 0.5) is 0 Å². The molecule has 0 radical (unpaired) electrons. The van der Waals surface area contributed by atoms with E-state index in [2.05, 4.69) is 20.8 Å². The standard InChI is InChI=1S/C7H15IO2/c1-7(2,3)4-6(5-9)10-8/h6,9H,4-5H2,1-3H3. The third-order valence-electron chi connectivity index (χ3n) is 1.17. The van der Waals surface area contributed by atoms with E-state index in [-0.39, 0.29) is 18.1 Å². The molecule has 0 amide bonds. The molecule has 2 nitrogen and oxygen atoms in total. The molecule has 0 saturated carbocycles. The van der Waals surface area contributed by atoms with Crippen LogP contribution < -0.4 is 0 Å². The maximum Gasteiger partial charge on any atom is 0.110 e. The summed E-state index contributed by atoms with van der Waals surface area (Å²) in [5.41, 5.74) is 0.235. The van der Waals surface area contributed by atoms with E-state index >= 15 is 0 Å². The Labute approximate surface area is 76.7 Å². The molecule has 1 unspecified atom stereocenters. The van der Waals surface area contributed by atoms with Gasteiger partial charge in [0.05, 0.1) is 12.7 Å². The van der Waals surface area contributed by atoms with Crippen molar-refractivity contribution in [3.63, 3.8) is 0 Å². The first-order valence-corrected chi connectivity index (χ1v) is 4.26. The minimum absolute atomic E-state index is 0.0133. The molecule has 1 N–H and O–H groups in total. The van der Waals surface area contributed by atoms with Gasteiger partial charge in [0.15, 0.2) is 0 Å². The third kappa shape index (κ3) is 5.44. The summed E-state index contributed by atoms with van der Waals surface area (Å²) in [6.45, 7) is 6.50. The van der Waals surface area contributed by atoms with Gasteiger partial charge in [-0.3, -0.25) is 0 Å². The van der Waals surface area contributed by atoms with Gasteiger partial charge in [-0.2, -0.15) is 0 Å². The highest BCUT2D eigenvalue weighted by atomic mass is 127. The van der Waals surface area contributed by atoms with Crippen LogP contribution in [0.5, 0.6) is 0 Å². The zero-order valence-electron chi connectivity index (χ0n) is 6.72. The number of aliphatic hydroxyl groups excluding tert-OH is 1. The lowest BCUT2D eigenvalue weighted by atomic mass is 9.89. The van der Waals surface area contributed by atoms with Crippen LogP contribution in [-0.4, -0.2) is 17.8 Å². The first kappa shape index (κ1) is 10.7. The van der Waals surface area contributed by atoms with E-state index in [1.54, 1.807) is 0 Å². The average molecular weight is 258 g/mol. The van der Waals surface area contributed by atoms with Gasteiger partial charge in [-0.1, -0.05) is 20.8 Å². The van der Waals surface area contributed by atoms with Crippen molar-refractivity contribution in [2.45, 2.75) is 33.3 Å². The fourth-order valence-electron chi connectivity index (χ4n) is 0.807. The van der Waals surface area contributed by atoms with Gasteiger partial charge in [-0.25, -0.2) is 0 Å². The molecule has 0 fully saturated rings. The van der Waals surface area contributed by atoms with Crippen molar-refractivity contribution in [3.8, 4) is 0 Å². The molecule has 0 saturated heterocycles. The van der Waals surface area contributed by atoms with Gasteiger partial charge in [-0.15, -0.1) is 0 Å². The lowest BCUT2D eigenvalue weighted by molar-refractivity contribution is 0.115. The van der Waals surface area contributed by atoms with Crippen molar-refractivity contribution in [2.24, 2.45) is 5.41 Å². The molecule has 0 aromatic heterocycles. The summed E-state index contributed by atoms with van der Waals surface area (Å²) in [5.74, 6) is 0. The average Bonchev–Trinajstić information content (AvgIpc) is 1.81. The Morgan fingerprint density at radius 1 is 1.50 bits per heavy atom. The molecule has 0 rings (SSSR count). The van der Waals surface area contributed by atoms with Crippen LogP contribution >= 0.6 is 23.0 Å². The summed E-state index contributed by atoms with van der Waals surface area (Å²) >= 11 is 1.83. The largest absolute Gasteiger partial charge is 0.394 e. The Hall–Kier alpha value is 0.650. The lowest BCUT2D eigenvalue weighted by Gasteiger charge is -2.22. The molecule has 0 aliphatic carbocycles. The van der Waals surface area contributed by atoms with Crippen LogP contribution in [-0.2, 0) is 3.07 Å². The van der Waals surface area contributed by atoms with E-state index in [0.29, 0.717) is 0 Å². The summed E-state index contributed by atoms with van der Waals surface area (Å²) in [6.07, 6.45) is 0.882. The van der Waals surface area contributed by atoms with Gasteiger partial charge >= 0.3 is 0 Å². The number of hydrogen-bond donors (Lipinski definition) is 1. The minimum atomic E-state index is -0.0133. The van der Waals surface area contributed by atoms with E-state index in [1.807, 2.05) is 23.0 Å². The SMILES string of the molecule is CC(C)(C)CC(CO)OI. The summed E-state index contributed by atoms with van der Waals surface area (Å²) in [7, 11) is 0. The van der Waals surface area contributed by atoms with E-state index in [1.165, 1.54) is 0 Å². The summed E-state index contributed by atoms with van der Waals surface area (Å²) < 4.78 is 5.00. The molecular weight excluding hydrogens is 243 g/mol. The minimum Gasteiger partial charge on any atom is -0.394 e. The van der Waals surface area contributed by atoms with Crippen molar-refractivity contribution in [3.05, 3.63) is 0 Å². The fourth-order valence-corrected chi connectivity index (χ4v) is 1.15. The monoisotopic (exact) mass is 258 g/mol. The van der Waals surface area contributed by atoms with E-state index in [9.17, 15) is 0 Å². The van der Waals surface area contributed by atoms with Crippen LogP contribution in [0.15, 0.2) is 0 Å². The molecule has 0 spiro atoms. The van der Waals surface area contributed by atoms with Crippen molar-refractivity contribution in [1.29, 1.82) is 0 Å². The number of aliphatic hydroxyl groups is 1. The van der Waals surface area contributed by atoms with E-state index < -0.39 is 0 Å². The molecule has 0 aliphatic heterocycles. The molecule has 10 heavy (non-hydrogen) atoms. The van der Waals surface area contributed by atoms with Crippen LogP contribution in [0, 0.1) is 5.41 Å². The zero-order chi connectivity index (χ0) is 8.20. The van der Waals surface area contributed by atoms with Gasteiger partial charge < -0.3 is 8.17 Å². The fraction of sp³-hybridized carbons (Fsp3) is 1.00. The molecule has 0 heterocycles. The van der Waals surface area contributed by atoms with Crippen LogP contribution in [0.2, 0.25) is 0 Å².